The maximum Gasteiger partial charge on any atom is 0.217 e. The normalized spacial score (nSPS) is 10.3. The Kier molecular flexibility index (Phi) is 2.57. The molecule has 2 aromatic rings. The number of halogens is 1. The number of aromatic nitrogens is 3. The Morgan fingerprint density at radius 1 is 1.40 bits per heavy atom. The van der Waals surface area contributed by atoms with E-state index in [0.29, 0.717) is 12.4 Å². The second-order valence-electron chi connectivity index (χ2n) is 3.01. The average Bonchev–Trinajstić information content (AvgIpc) is 2.62. The average molecular weight is 208 g/mol. The van der Waals surface area contributed by atoms with Gasteiger partial charge in [-0.15, -0.1) is 0 Å². The van der Waals surface area contributed by atoms with Crippen LogP contribution in [0.4, 0.5) is 10.2 Å². The summed E-state index contributed by atoms with van der Waals surface area (Å²) in [7, 11) is 0. The highest BCUT2D eigenvalue weighted by molar-refractivity contribution is 5.32. The third kappa shape index (κ3) is 2.49. The van der Waals surface area contributed by atoms with Crippen molar-refractivity contribution in [2.24, 2.45) is 0 Å². The summed E-state index contributed by atoms with van der Waals surface area (Å²) in [6, 6.07) is 3.01. The zero-order valence-corrected chi connectivity index (χ0v) is 8.07. The van der Waals surface area contributed by atoms with E-state index in [-0.39, 0.29) is 0 Å². The Balaban J connectivity index is 1.99. The minimum atomic E-state index is -0.566. The molecule has 0 amide bonds. The lowest BCUT2D eigenvalue weighted by Crippen LogP contribution is -2.02. The fourth-order valence-corrected chi connectivity index (χ4v) is 1.11. The first-order valence-electron chi connectivity index (χ1n) is 4.37. The predicted molar refractivity (Wildman–Crippen MR) is 50.6 cm³/mol. The van der Waals surface area contributed by atoms with Gasteiger partial charge in [-0.1, -0.05) is 5.16 Å². The quantitative estimate of drug-likeness (QED) is 0.775. The third-order valence-corrected chi connectivity index (χ3v) is 1.76. The molecule has 1 N–H and O–H groups in total. The van der Waals surface area contributed by atoms with Crippen LogP contribution in [0.2, 0.25) is 0 Å². The molecule has 0 aliphatic heterocycles. The molecular formula is C9H9FN4O. The highest BCUT2D eigenvalue weighted by Gasteiger charge is 2.01. The van der Waals surface area contributed by atoms with Crippen molar-refractivity contribution in [3.63, 3.8) is 0 Å². The molecule has 0 aliphatic rings. The van der Waals surface area contributed by atoms with Crippen molar-refractivity contribution in [3.05, 3.63) is 35.9 Å². The molecule has 0 bridgehead atoms. The van der Waals surface area contributed by atoms with Crippen molar-refractivity contribution in [1.29, 1.82) is 0 Å². The summed E-state index contributed by atoms with van der Waals surface area (Å²) in [5.41, 5.74) is 0.742. The van der Waals surface area contributed by atoms with Gasteiger partial charge >= 0.3 is 0 Å². The number of hydrogen-bond acceptors (Lipinski definition) is 5. The molecule has 2 heterocycles. The van der Waals surface area contributed by atoms with Gasteiger partial charge < -0.3 is 9.84 Å². The molecule has 0 saturated carbocycles. The molecule has 78 valence electrons. The van der Waals surface area contributed by atoms with Crippen LogP contribution in [0, 0.1) is 12.9 Å². The van der Waals surface area contributed by atoms with Gasteiger partial charge in [0.05, 0.1) is 6.54 Å². The molecule has 0 atom stereocenters. The van der Waals surface area contributed by atoms with Crippen molar-refractivity contribution in [2.75, 3.05) is 5.32 Å². The van der Waals surface area contributed by atoms with Crippen molar-refractivity contribution < 1.29 is 8.91 Å². The molecule has 0 unspecified atom stereocenters. The number of nitrogens with one attached hydrogen (secondary N) is 1. The largest absolute Gasteiger partial charge is 0.364 e. The van der Waals surface area contributed by atoms with E-state index in [1.807, 2.05) is 0 Å². The first-order valence-corrected chi connectivity index (χ1v) is 4.37. The SMILES string of the molecule is Cc1cc(CNc2cc(F)ncn2)no1. The van der Waals surface area contributed by atoms with Crippen LogP contribution in [0.1, 0.15) is 11.5 Å². The fraction of sp³-hybridized carbons (Fsp3) is 0.222. The summed E-state index contributed by atoms with van der Waals surface area (Å²) in [5, 5.41) is 6.68. The smallest absolute Gasteiger partial charge is 0.217 e. The highest BCUT2D eigenvalue weighted by atomic mass is 19.1. The molecule has 0 radical (unpaired) electrons. The molecule has 2 rings (SSSR count). The summed E-state index contributed by atoms with van der Waals surface area (Å²) in [6.07, 6.45) is 1.16. The number of hydrogen-bond donors (Lipinski definition) is 1. The molecule has 15 heavy (non-hydrogen) atoms. The Morgan fingerprint density at radius 3 is 2.93 bits per heavy atom. The van der Waals surface area contributed by atoms with Gasteiger partial charge in [-0.2, -0.15) is 4.39 Å². The van der Waals surface area contributed by atoms with Crippen LogP contribution >= 0.6 is 0 Å². The topological polar surface area (TPSA) is 63.8 Å². The number of nitrogens with zero attached hydrogens (tertiary/aromatic N) is 3. The van der Waals surface area contributed by atoms with Gasteiger partial charge in [0.25, 0.3) is 0 Å². The van der Waals surface area contributed by atoms with Crippen LogP contribution in [0.3, 0.4) is 0 Å². The summed E-state index contributed by atoms with van der Waals surface area (Å²) in [5.74, 6) is 0.590. The van der Waals surface area contributed by atoms with Gasteiger partial charge in [0.1, 0.15) is 23.6 Å². The van der Waals surface area contributed by atoms with Crippen molar-refractivity contribution in [2.45, 2.75) is 13.5 Å². The lowest BCUT2D eigenvalue weighted by Gasteiger charge is -2.01. The molecule has 6 heteroatoms. The first kappa shape index (κ1) is 9.57. The zero-order valence-electron chi connectivity index (χ0n) is 8.07. The summed E-state index contributed by atoms with van der Waals surface area (Å²) >= 11 is 0. The number of rotatable bonds is 3. The lowest BCUT2D eigenvalue weighted by atomic mass is 10.4. The second-order valence-corrected chi connectivity index (χ2v) is 3.01. The molecule has 0 aliphatic carbocycles. The van der Waals surface area contributed by atoms with Crippen LogP contribution in [0.25, 0.3) is 0 Å². The van der Waals surface area contributed by atoms with Crippen molar-refractivity contribution >= 4 is 5.82 Å². The third-order valence-electron chi connectivity index (χ3n) is 1.76. The van der Waals surface area contributed by atoms with Crippen LogP contribution in [-0.4, -0.2) is 15.1 Å². The number of anilines is 1. The van der Waals surface area contributed by atoms with Gasteiger partial charge in [0, 0.05) is 12.1 Å². The molecule has 5 nitrogen and oxygen atoms in total. The van der Waals surface area contributed by atoms with Crippen LogP contribution in [0.15, 0.2) is 23.0 Å². The Bertz CT molecular complexity index is 457. The monoisotopic (exact) mass is 208 g/mol. The molecule has 0 fully saturated rings. The molecule has 0 aromatic carbocycles. The van der Waals surface area contributed by atoms with Gasteiger partial charge in [-0.25, -0.2) is 9.97 Å². The van der Waals surface area contributed by atoms with E-state index < -0.39 is 5.95 Å². The standard InChI is InChI=1S/C9H9FN4O/c1-6-2-7(14-15-6)4-11-9-3-8(10)12-5-13-9/h2-3,5H,4H2,1H3,(H,11,12,13). The van der Waals surface area contributed by atoms with E-state index >= 15 is 0 Å². The minimum absolute atomic E-state index is 0.420. The van der Waals surface area contributed by atoms with E-state index in [1.165, 1.54) is 6.07 Å². The van der Waals surface area contributed by atoms with Gasteiger partial charge in [0.15, 0.2) is 0 Å². The molecular weight excluding hydrogens is 199 g/mol. The van der Waals surface area contributed by atoms with Crippen LogP contribution < -0.4 is 5.32 Å². The zero-order chi connectivity index (χ0) is 10.7. The summed E-state index contributed by atoms with van der Waals surface area (Å²) < 4.78 is 17.6. The van der Waals surface area contributed by atoms with E-state index in [1.54, 1.807) is 13.0 Å². The Labute approximate surface area is 85.3 Å². The van der Waals surface area contributed by atoms with Crippen molar-refractivity contribution in [3.8, 4) is 0 Å². The second kappa shape index (κ2) is 4.04. The van der Waals surface area contributed by atoms with Gasteiger partial charge in [-0.05, 0) is 6.92 Å². The molecule has 2 aromatic heterocycles. The van der Waals surface area contributed by atoms with E-state index in [9.17, 15) is 4.39 Å². The number of aryl methyl sites for hydroxylation is 1. The van der Waals surface area contributed by atoms with E-state index in [4.69, 9.17) is 4.52 Å². The maximum atomic E-state index is 12.7. The molecule has 0 saturated heterocycles. The molecule has 0 spiro atoms. The van der Waals surface area contributed by atoms with Crippen LogP contribution in [0.5, 0.6) is 0 Å². The van der Waals surface area contributed by atoms with Gasteiger partial charge in [-0.3, -0.25) is 0 Å². The Morgan fingerprint density at radius 2 is 2.27 bits per heavy atom. The predicted octanol–water partition coefficient (Wildman–Crippen LogP) is 1.52. The van der Waals surface area contributed by atoms with E-state index in [0.717, 1.165) is 17.8 Å². The van der Waals surface area contributed by atoms with Gasteiger partial charge in [0.2, 0.25) is 5.95 Å². The van der Waals surface area contributed by atoms with E-state index in [2.05, 4.69) is 20.4 Å². The Hall–Kier alpha value is -1.98. The minimum Gasteiger partial charge on any atom is -0.364 e. The lowest BCUT2D eigenvalue weighted by molar-refractivity contribution is 0.391. The van der Waals surface area contributed by atoms with Crippen molar-refractivity contribution in [1.82, 2.24) is 15.1 Å². The van der Waals surface area contributed by atoms with Crippen LogP contribution in [-0.2, 0) is 6.54 Å². The maximum absolute atomic E-state index is 12.7. The first-order chi connectivity index (χ1) is 7.24. The fourth-order valence-electron chi connectivity index (χ4n) is 1.11. The highest BCUT2D eigenvalue weighted by Crippen LogP contribution is 2.06. The summed E-state index contributed by atoms with van der Waals surface area (Å²) in [6.45, 7) is 2.24. The summed E-state index contributed by atoms with van der Waals surface area (Å²) in [4.78, 5) is 7.19.